The van der Waals surface area contributed by atoms with Gasteiger partial charge in [-0.3, -0.25) is 4.79 Å². The third kappa shape index (κ3) is 3.68. The molecule has 0 spiro atoms. The second kappa shape index (κ2) is 6.93. The van der Waals surface area contributed by atoms with Gasteiger partial charge in [0.1, 0.15) is 10.9 Å². The lowest BCUT2D eigenvalue weighted by molar-refractivity contribution is -0.116. The monoisotopic (exact) mass is 341 g/mol. The number of allylic oxidation sites excluding steroid dienone is 2. The number of nitrogens with zero attached hydrogens (tertiary/aromatic N) is 3. The number of aliphatic hydroxyl groups is 1. The van der Waals surface area contributed by atoms with Crippen LogP contribution in [-0.4, -0.2) is 27.1 Å². The minimum absolute atomic E-state index is 0.0134. The molecule has 1 heterocycles. The Labute approximate surface area is 144 Å². The number of aliphatic hydroxyl groups excluding tert-OH is 1. The standard InChI is InChI=1S/C18H16ClN3O2/c1-11-7-17(19)22-18(21-11)20-10-14-15(23)8-13(9-16(14)24)12-5-3-2-4-6-12/h2-7,10,13,23H,8-9H2,1H3. The summed E-state index contributed by atoms with van der Waals surface area (Å²) in [6, 6.07) is 11.3. The number of benzene rings is 1. The molecule has 1 atom stereocenters. The number of aliphatic imine (C=N–C) groups is 1. The van der Waals surface area contributed by atoms with Crippen molar-refractivity contribution < 1.29 is 9.90 Å². The summed E-state index contributed by atoms with van der Waals surface area (Å²) in [4.78, 5) is 24.5. The Morgan fingerprint density at radius 2 is 2.00 bits per heavy atom. The summed E-state index contributed by atoms with van der Waals surface area (Å²) in [5.41, 5.74) is 1.94. The molecule has 0 saturated heterocycles. The van der Waals surface area contributed by atoms with Gasteiger partial charge in [-0.15, -0.1) is 0 Å². The van der Waals surface area contributed by atoms with Crippen molar-refractivity contribution in [1.82, 2.24) is 9.97 Å². The number of rotatable bonds is 3. The number of carbonyl (C=O) groups is 1. The number of aromatic nitrogens is 2. The van der Waals surface area contributed by atoms with Crippen molar-refractivity contribution in [2.75, 3.05) is 0 Å². The molecule has 1 N–H and O–H groups in total. The molecule has 6 heteroatoms. The average Bonchev–Trinajstić information content (AvgIpc) is 2.54. The van der Waals surface area contributed by atoms with Gasteiger partial charge in [-0.1, -0.05) is 41.9 Å². The van der Waals surface area contributed by atoms with Crippen LogP contribution in [0.15, 0.2) is 52.7 Å². The molecule has 1 aromatic carbocycles. The number of Topliss-reactive ketones (excluding diaryl/α,β-unsaturated/α-hetero) is 1. The molecule has 0 saturated carbocycles. The second-order valence-electron chi connectivity index (χ2n) is 5.69. The third-order valence-corrected chi connectivity index (χ3v) is 4.07. The van der Waals surface area contributed by atoms with Crippen LogP contribution in [0, 0.1) is 6.92 Å². The van der Waals surface area contributed by atoms with E-state index in [2.05, 4.69) is 15.0 Å². The molecular weight excluding hydrogens is 326 g/mol. The third-order valence-electron chi connectivity index (χ3n) is 3.87. The van der Waals surface area contributed by atoms with Gasteiger partial charge in [0.05, 0.1) is 5.57 Å². The van der Waals surface area contributed by atoms with Gasteiger partial charge in [0, 0.05) is 24.8 Å². The fourth-order valence-electron chi connectivity index (χ4n) is 2.71. The lowest BCUT2D eigenvalue weighted by Gasteiger charge is -2.22. The Morgan fingerprint density at radius 1 is 1.25 bits per heavy atom. The molecular formula is C18H16ClN3O2. The molecule has 0 fully saturated rings. The molecule has 5 nitrogen and oxygen atoms in total. The highest BCUT2D eigenvalue weighted by molar-refractivity contribution is 6.29. The van der Waals surface area contributed by atoms with Gasteiger partial charge in [-0.25, -0.2) is 9.98 Å². The minimum atomic E-state index is -0.143. The molecule has 1 aliphatic carbocycles. The van der Waals surface area contributed by atoms with Crippen molar-refractivity contribution in [3.05, 3.63) is 64.1 Å². The minimum Gasteiger partial charge on any atom is -0.511 e. The molecule has 0 bridgehead atoms. The SMILES string of the molecule is Cc1cc(Cl)nc(N=CC2=C(O)CC(c3ccccc3)CC2=O)n1. The van der Waals surface area contributed by atoms with E-state index in [1.165, 1.54) is 6.21 Å². The van der Waals surface area contributed by atoms with E-state index in [4.69, 9.17) is 11.6 Å². The van der Waals surface area contributed by atoms with E-state index in [1.54, 1.807) is 13.0 Å². The fourth-order valence-corrected chi connectivity index (χ4v) is 2.95. The van der Waals surface area contributed by atoms with Crippen molar-refractivity contribution >= 4 is 29.5 Å². The summed E-state index contributed by atoms with van der Waals surface area (Å²) < 4.78 is 0. The Bertz CT molecular complexity index is 811. The van der Waals surface area contributed by atoms with Gasteiger partial charge in [0.2, 0.25) is 0 Å². The fraction of sp³-hybridized carbons (Fsp3) is 0.222. The van der Waals surface area contributed by atoms with Crippen molar-refractivity contribution in [2.45, 2.75) is 25.7 Å². The van der Waals surface area contributed by atoms with Crippen molar-refractivity contribution in [3.63, 3.8) is 0 Å². The first-order valence-electron chi connectivity index (χ1n) is 7.58. The summed E-state index contributed by atoms with van der Waals surface area (Å²) in [6.45, 7) is 1.78. The smallest absolute Gasteiger partial charge is 0.250 e. The Morgan fingerprint density at radius 3 is 2.67 bits per heavy atom. The number of halogens is 1. The highest BCUT2D eigenvalue weighted by Gasteiger charge is 2.27. The van der Waals surface area contributed by atoms with E-state index in [0.717, 1.165) is 5.56 Å². The van der Waals surface area contributed by atoms with Crippen LogP contribution in [0.25, 0.3) is 0 Å². The van der Waals surface area contributed by atoms with Crippen LogP contribution in [0.4, 0.5) is 5.95 Å². The number of carbonyl (C=O) groups excluding carboxylic acids is 1. The summed E-state index contributed by atoms with van der Waals surface area (Å²) in [5.74, 6) is 0.0523. The second-order valence-corrected chi connectivity index (χ2v) is 6.08. The Hall–Kier alpha value is -2.53. The highest BCUT2D eigenvalue weighted by atomic mass is 35.5. The quantitative estimate of drug-likeness (QED) is 0.673. The summed E-state index contributed by atoms with van der Waals surface area (Å²) in [5, 5.41) is 10.5. The van der Waals surface area contributed by atoms with E-state index in [9.17, 15) is 9.90 Å². The van der Waals surface area contributed by atoms with Crippen molar-refractivity contribution in [2.24, 2.45) is 4.99 Å². The predicted molar refractivity (Wildman–Crippen MR) is 93.0 cm³/mol. The van der Waals surface area contributed by atoms with E-state index < -0.39 is 0 Å². The van der Waals surface area contributed by atoms with Crippen LogP contribution in [0.2, 0.25) is 5.15 Å². The maximum absolute atomic E-state index is 12.4. The molecule has 3 rings (SSSR count). The van der Waals surface area contributed by atoms with Gasteiger partial charge < -0.3 is 5.11 Å². The van der Waals surface area contributed by atoms with Crippen LogP contribution in [0.5, 0.6) is 0 Å². The van der Waals surface area contributed by atoms with Crippen molar-refractivity contribution in [3.8, 4) is 0 Å². The Kier molecular flexibility index (Phi) is 4.71. The highest BCUT2D eigenvalue weighted by Crippen LogP contribution is 2.33. The van der Waals surface area contributed by atoms with Crippen LogP contribution in [0.3, 0.4) is 0 Å². The van der Waals surface area contributed by atoms with Crippen LogP contribution < -0.4 is 0 Å². The number of ketones is 1. The zero-order valence-corrected chi connectivity index (χ0v) is 13.9. The first-order chi connectivity index (χ1) is 11.5. The van der Waals surface area contributed by atoms with E-state index in [-0.39, 0.29) is 34.1 Å². The number of hydrogen-bond acceptors (Lipinski definition) is 5. The van der Waals surface area contributed by atoms with Gasteiger partial charge in [-0.2, -0.15) is 4.98 Å². The normalized spacial score (nSPS) is 18.4. The molecule has 0 aliphatic heterocycles. The first-order valence-corrected chi connectivity index (χ1v) is 7.96. The molecule has 0 radical (unpaired) electrons. The maximum atomic E-state index is 12.4. The first kappa shape index (κ1) is 16.3. The van der Waals surface area contributed by atoms with Gasteiger partial charge in [0.15, 0.2) is 5.78 Å². The predicted octanol–water partition coefficient (Wildman–Crippen LogP) is 4.10. The average molecular weight is 342 g/mol. The van der Waals surface area contributed by atoms with Crippen LogP contribution in [-0.2, 0) is 4.79 Å². The Balaban J connectivity index is 1.83. The molecule has 1 aromatic heterocycles. The van der Waals surface area contributed by atoms with Crippen LogP contribution in [0.1, 0.15) is 30.0 Å². The van der Waals surface area contributed by atoms with Crippen LogP contribution >= 0.6 is 11.6 Å². The van der Waals surface area contributed by atoms with Crippen molar-refractivity contribution in [1.29, 1.82) is 0 Å². The van der Waals surface area contributed by atoms with E-state index >= 15 is 0 Å². The summed E-state index contributed by atoms with van der Waals surface area (Å²) >= 11 is 5.86. The molecule has 0 amide bonds. The summed E-state index contributed by atoms with van der Waals surface area (Å²) in [6.07, 6.45) is 2.07. The number of aryl methyl sites for hydroxylation is 1. The zero-order valence-electron chi connectivity index (χ0n) is 13.1. The molecule has 2 aromatic rings. The maximum Gasteiger partial charge on any atom is 0.250 e. The molecule has 122 valence electrons. The lowest BCUT2D eigenvalue weighted by atomic mass is 9.83. The summed E-state index contributed by atoms with van der Waals surface area (Å²) in [7, 11) is 0. The lowest BCUT2D eigenvalue weighted by Crippen LogP contribution is -2.19. The van der Waals surface area contributed by atoms with E-state index in [0.29, 0.717) is 18.5 Å². The molecule has 1 aliphatic rings. The zero-order chi connectivity index (χ0) is 17.1. The molecule has 24 heavy (non-hydrogen) atoms. The van der Waals surface area contributed by atoms with Gasteiger partial charge in [0.25, 0.3) is 5.95 Å². The van der Waals surface area contributed by atoms with Gasteiger partial charge in [-0.05, 0) is 24.5 Å². The molecule has 1 unspecified atom stereocenters. The number of hydrogen-bond donors (Lipinski definition) is 1. The largest absolute Gasteiger partial charge is 0.511 e. The van der Waals surface area contributed by atoms with E-state index in [1.807, 2.05) is 30.3 Å². The van der Waals surface area contributed by atoms with Gasteiger partial charge >= 0.3 is 0 Å². The topological polar surface area (TPSA) is 75.4 Å².